The van der Waals surface area contributed by atoms with Crippen molar-refractivity contribution in [3.8, 4) is 6.07 Å². The Labute approximate surface area is 101 Å². The van der Waals surface area contributed by atoms with Crippen molar-refractivity contribution in [2.45, 2.75) is 32.3 Å². The first-order chi connectivity index (χ1) is 7.94. The van der Waals surface area contributed by atoms with Gasteiger partial charge < -0.3 is 0 Å². The smallest absolute Gasteiger partial charge is 0.265 e. The van der Waals surface area contributed by atoms with Crippen molar-refractivity contribution in [1.29, 1.82) is 5.26 Å². The SMILES string of the molecule is CC(C)(C)ONC(=O)C(C#N)c1ccccc1. The summed E-state index contributed by atoms with van der Waals surface area (Å²) >= 11 is 0. The minimum Gasteiger partial charge on any atom is -0.271 e. The molecule has 1 atom stereocenters. The predicted octanol–water partition coefficient (Wildman–Crippen LogP) is 2.14. The van der Waals surface area contributed by atoms with Gasteiger partial charge >= 0.3 is 0 Å². The molecule has 0 aliphatic carbocycles. The van der Waals surface area contributed by atoms with Crippen LogP contribution in [0.5, 0.6) is 0 Å². The van der Waals surface area contributed by atoms with Crippen molar-refractivity contribution in [1.82, 2.24) is 5.48 Å². The molecule has 0 heterocycles. The number of nitriles is 1. The summed E-state index contributed by atoms with van der Waals surface area (Å²) in [6.07, 6.45) is 0. The summed E-state index contributed by atoms with van der Waals surface area (Å²) in [5.74, 6) is -1.30. The fourth-order valence-electron chi connectivity index (χ4n) is 1.19. The van der Waals surface area contributed by atoms with Gasteiger partial charge in [0.2, 0.25) is 0 Å². The molecule has 0 aliphatic rings. The lowest BCUT2D eigenvalue weighted by Crippen LogP contribution is -2.36. The Morgan fingerprint density at radius 1 is 1.35 bits per heavy atom. The lowest BCUT2D eigenvalue weighted by molar-refractivity contribution is -0.145. The van der Waals surface area contributed by atoms with E-state index in [1.807, 2.05) is 32.9 Å². The molecule has 0 bridgehead atoms. The molecule has 4 nitrogen and oxygen atoms in total. The largest absolute Gasteiger partial charge is 0.271 e. The maximum absolute atomic E-state index is 11.8. The molecule has 0 spiro atoms. The number of rotatable bonds is 3. The minimum atomic E-state index is -0.849. The van der Waals surface area contributed by atoms with Crippen LogP contribution in [-0.2, 0) is 9.63 Å². The summed E-state index contributed by atoms with van der Waals surface area (Å²) in [6.45, 7) is 5.45. The zero-order valence-electron chi connectivity index (χ0n) is 10.2. The molecule has 1 rings (SSSR count). The fourth-order valence-corrected chi connectivity index (χ4v) is 1.19. The fraction of sp³-hybridized carbons (Fsp3) is 0.385. The summed E-state index contributed by atoms with van der Waals surface area (Å²) in [5.41, 5.74) is 2.49. The van der Waals surface area contributed by atoms with Gasteiger partial charge in [0.25, 0.3) is 5.91 Å². The highest BCUT2D eigenvalue weighted by Gasteiger charge is 2.22. The zero-order valence-corrected chi connectivity index (χ0v) is 10.2. The molecule has 1 aromatic carbocycles. The molecule has 0 radical (unpaired) electrons. The summed E-state index contributed by atoms with van der Waals surface area (Å²) in [7, 11) is 0. The molecule has 0 saturated carbocycles. The number of benzene rings is 1. The maximum Gasteiger partial charge on any atom is 0.265 e. The van der Waals surface area contributed by atoms with E-state index in [-0.39, 0.29) is 0 Å². The lowest BCUT2D eigenvalue weighted by atomic mass is 10.0. The number of carbonyl (C=O) groups is 1. The van der Waals surface area contributed by atoms with E-state index in [4.69, 9.17) is 10.1 Å². The van der Waals surface area contributed by atoms with Crippen LogP contribution in [0, 0.1) is 11.3 Å². The van der Waals surface area contributed by atoms with Crippen molar-refractivity contribution in [3.05, 3.63) is 35.9 Å². The van der Waals surface area contributed by atoms with E-state index < -0.39 is 17.4 Å². The summed E-state index contributed by atoms with van der Waals surface area (Å²) < 4.78 is 0. The molecule has 1 amide bonds. The van der Waals surface area contributed by atoms with Crippen LogP contribution in [0.1, 0.15) is 32.3 Å². The molecule has 4 heteroatoms. The molecule has 1 N–H and O–H groups in total. The third kappa shape index (κ3) is 4.25. The van der Waals surface area contributed by atoms with Crippen LogP contribution in [0.4, 0.5) is 0 Å². The summed E-state index contributed by atoms with van der Waals surface area (Å²) in [6, 6.07) is 10.9. The van der Waals surface area contributed by atoms with E-state index in [9.17, 15) is 4.79 Å². The summed E-state index contributed by atoms with van der Waals surface area (Å²) in [4.78, 5) is 16.9. The molecule has 1 aromatic rings. The van der Waals surface area contributed by atoms with Gasteiger partial charge in [-0.05, 0) is 26.3 Å². The highest BCUT2D eigenvalue weighted by molar-refractivity contribution is 5.85. The Balaban J connectivity index is 2.70. The third-order valence-corrected chi connectivity index (χ3v) is 1.98. The molecule has 17 heavy (non-hydrogen) atoms. The Morgan fingerprint density at radius 3 is 2.41 bits per heavy atom. The molecular formula is C13H16N2O2. The van der Waals surface area contributed by atoms with Gasteiger partial charge in [-0.3, -0.25) is 9.63 Å². The monoisotopic (exact) mass is 232 g/mol. The van der Waals surface area contributed by atoms with E-state index in [1.165, 1.54) is 0 Å². The van der Waals surface area contributed by atoms with Gasteiger partial charge in [0.05, 0.1) is 11.7 Å². The maximum atomic E-state index is 11.8. The molecule has 0 aliphatic heterocycles. The normalized spacial score (nSPS) is 12.6. The van der Waals surface area contributed by atoms with E-state index in [1.54, 1.807) is 24.3 Å². The molecule has 0 aromatic heterocycles. The molecule has 1 unspecified atom stereocenters. The predicted molar refractivity (Wildman–Crippen MR) is 63.8 cm³/mol. The van der Waals surface area contributed by atoms with Crippen molar-refractivity contribution in [2.75, 3.05) is 0 Å². The molecule has 0 saturated heterocycles. The van der Waals surface area contributed by atoms with E-state index in [0.29, 0.717) is 5.56 Å². The van der Waals surface area contributed by atoms with Crippen LogP contribution >= 0.6 is 0 Å². The second kappa shape index (κ2) is 5.46. The van der Waals surface area contributed by atoms with Crippen LogP contribution in [0.15, 0.2) is 30.3 Å². The molecular weight excluding hydrogens is 216 g/mol. The van der Waals surface area contributed by atoms with Gasteiger partial charge in [-0.2, -0.15) is 5.26 Å². The van der Waals surface area contributed by atoms with Gasteiger partial charge in [0, 0.05) is 0 Å². The first-order valence-corrected chi connectivity index (χ1v) is 5.36. The second-order valence-corrected chi connectivity index (χ2v) is 4.65. The highest BCUT2D eigenvalue weighted by Crippen LogP contribution is 2.15. The average molecular weight is 232 g/mol. The lowest BCUT2D eigenvalue weighted by Gasteiger charge is -2.20. The first kappa shape index (κ1) is 13.2. The standard InChI is InChI=1S/C13H16N2O2/c1-13(2,3)17-15-12(16)11(9-14)10-7-5-4-6-8-10/h4-8,11H,1-3H3,(H,15,16). The zero-order chi connectivity index (χ0) is 12.9. The Kier molecular flexibility index (Phi) is 4.24. The molecule has 90 valence electrons. The van der Waals surface area contributed by atoms with Gasteiger partial charge in [-0.1, -0.05) is 30.3 Å². The van der Waals surface area contributed by atoms with Crippen molar-refractivity contribution >= 4 is 5.91 Å². The van der Waals surface area contributed by atoms with Crippen molar-refractivity contribution < 1.29 is 9.63 Å². The van der Waals surface area contributed by atoms with E-state index >= 15 is 0 Å². The quantitative estimate of drug-likeness (QED) is 0.812. The number of nitrogens with one attached hydrogen (secondary N) is 1. The number of hydrogen-bond acceptors (Lipinski definition) is 3. The van der Waals surface area contributed by atoms with Crippen molar-refractivity contribution in [2.24, 2.45) is 0 Å². The minimum absolute atomic E-state index is 0.450. The van der Waals surface area contributed by atoms with Gasteiger partial charge in [-0.25, -0.2) is 5.48 Å². The third-order valence-electron chi connectivity index (χ3n) is 1.98. The van der Waals surface area contributed by atoms with Crippen LogP contribution in [0.25, 0.3) is 0 Å². The Morgan fingerprint density at radius 2 is 1.94 bits per heavy atom. The van der Waals surface area contributed by atoms with Crippen molar-refractivity contribution in [3.63, 3.8) is 0 Å². The van der Waals surface area contributed by atoms with Gasteiger partial charge in [0.1, 0.15) is 0 Å². The molecule has 0 fully saturated rings. The summed E-state index contributed by atoms with van der Waals surface area (Å²) in [5, 5.41) is 9.01. The number of nitrogens with zero attached hydrogens (tertiary/aromatic N) is 1. The van der Waals surface area contributed by atoms with Crippen LogP contribution in [0.2, 0.25) is 0 Å². The van der Waals surface area contributed by atoms with Crippen LogP contribution in [-0.4, -0.2) is 11.5 Å². The van der Waals surface area contributed by atoms with Gasteiger partial charge in [-0.15, -0.1) is 0 Å². The van der Waals surface area contributed by atoms with E-state index in [2.05, 4.69) is 5.48 Å². The topological polar surface area (TPSA) is 62.1 Å². The Bertz CT molecular complexity index is 415. The van der Waals surface area contributed by atoms with E-state index in [0.717, 1.165) is 0 Å². The van der Waals surface area contributed by atoms with Crippen LogP contribution in [0.3, 0.4) is 0 Å². The average Bonchev–Trinajstić information content (AvgIpc) is 2.28. The highest BCUT2D eigenvalue weighted by atomic mass is 16.7. The number of hydroxylamine groups is 1. The number of hydrogen-bond donors (Lipinski definition) is 1. The van der Waals surface area contributed by atoms with Crippen LogP contribution < -0.4 is 5.48 Å². The number of amides is 1. The second-order valence-electron chi connectivity index (χ2n) is 4.65. The van der Waals surface area contributed by atoms with Gasteiger partial charge in [0.15, 0.2) is 5.92 Å². The first-order valence-electron chi connectivity index (χ1n) is 5.36. The Hall–Kier alpha value is -1.86. The number of carbonyl (C=O) groups excluding carboxylic acids is 1.